The highest BCUT2D eigenvalue weighted by atomic mass is 16.4. The second-order valence-electron chi connectivity index (χ2n) is 8.50. The molecule has 1 unspecified atom stereocenters. The summed E-state index contributed by atoms with van der Waals surface area (Å²) < 4.78 is 0. The molecule has 0 aromatic heterocycles. The smallest absolute Gasteiger partial charge is 0.319 e. The first-order valence-corrected chi connectivity index (χ1v) is 11.5. The summed E-state index contributed by atoms with van der Waals surface area (Å²) in [4.78, 5) is 53.0. The molecule has 36 heavy (non-hydrogen) atoms. The van der Waals surface area contributed by atoms with Crippen molar-refractivity contribution in [3.05, 3.63) is 83.4 Å². The summed E-state index contributed by atoms with van der Waals surface area (Å²) in [7, 11) is 0. The summed E-state index contributed by atoms with van der Waals surface area (Å²) in [5.74, 6) is -4.14. The maximum Gasteiger partial charge on any atom is 0.319 e. The third-order valence-electron chi connectivity index (χ3n) is 6.02. The van der Waals surface area contributed by atoms with E-state index in [0.717, 1.165) is 23.8 Å². The Kier molecular flexibility index (Phi) is 7.05. The number of rotatable bonds is 7. The van der Waals surface area contributed by atoms with Crippen LogP contribution in [0.3, 0.4) is 0 Å². The highest BCUT2D eigenvalue weighted by Gasteiger charge is 2.30. The Bertz CT molecular complexity index is 1360. The monoisotopic (exact) mass is 483 g/mol. The van der Waals surface area contributed by atoms with Crippen molar-refractivity contribution in [1.29, 1.82) is 0 Å². The average Bonchev–Trinajstić information content (AvgIpc) is 2.89. The van der Waals surface area contributed by atoms with Crippen LogP contribution in [-0.4, -0.2) is 40.9 Å². The summed E-state index contributed by atoms with van der Waals surface area (Å²) >= 11 is 0. The molecule has 0 bridgehead atoms. The van der Waals surface area contributed by atoms with Crippen molar-refractivity contribution in [2.45, 2.75) is 26.3 Å². The second-order valence-corrected chi connectivity index (χ2v) is 8.50. The number of aliphatic imine (C=N–C) groups is 1. The number of carboxylic acids is 1. The second kappa shape index (κ2) is 10.4. The number of aryl methyl sites for hydroxylation is 1. The molecule has 3 N–H and O–H groups in total. The first kappa shape index (κ1) is 24.5. The van der Waals surface area contributed by atoms with Crippen molar-refractivity contribution < 1.29 is 24.3 Å². The number of carboxylic acid groups (broad SMARTS) is 1. The van der Waals surface area contributed by atoms with Gasteiger partial charge in [0.2, 0.25) is 5.91 Å². The lowest BCUT2D eigenvalue weighted by Crippen LogP contribution is -2.41. The zero-order valence-electron chi connectivity index (χ0n) is 19.8. The fraction of sp³-hybridized carbons (Fsp3) is 0.179. The Hall–Kier alpha value is -4.59. The van der Waals surface area contributed by atoms with Crippen LogP contribution in [0.4, 0.5) is 11.4 Å². The molecule has 1 aliphatic rings. The molecule has 2 amide bonds. The van der Waals surface area contributed by atoms with Crippen LogP contribution < -0.4 is 10.6 Å². The van der Waals surface area contributed by atoms with Crippen LogP contribution in [0.15, 0.2) is 71.7 Å². The number of amides is 2. The minimum atomic E-state index is -1.36. The molecule has 182 valence electrons. The van der Waals surface area contributed by atoms with Crippen molar-refractivity contribution in [2.24, 2.45) is 10.9 Å². The number of aliphatic carboxylic acids is 1. The van der Waals surface area contributed by atoms with Crippen LogP contribution >= 0.6 is 0 Å². The summed E-state index contributed by atoms with van der Waals surface area (Å²) in [5.41, 5.74) is 4.45. The summed E-state index contributed by atoms with van der Waals surface area (Å²) in [6.45, 7) is 3.65. The molecule has 2 atom stereocenters. The zero-order valence-corrected chi connectivity index (χ0v) is 19.8. The maximum atomic E-state index is 12.7. The van der Waals surface area contributed by atoms with Crippen molar-refractivity contribution in [3.63, 3.8) is 0 Å². The lowest BCUT2D eigenvalue weighted by Gasteiger charge is -2.17. The molecule has 8 nitrogen and oxygen atoms in total. The lowest BCUT2D eigenvalue weighted by atomic mass is 9.94. The van der Waals surface area contributed by atoms with Gasteiger partial charge in [0.15, 0.2) is 11.7 Å². The standard InChI is InChI=1S/C28H25N3O5/c1-3-17-4-6-18(7-5-17)19-8-10-20(11-9-19)27(34)30-16(2)26(33)31-21-12-13-24-22(14-21)25(32)23(15-29-24)28(35)36/h4-16,23H,3H2,1-2H3,(H,30,34)(H,31,33)(H,35,36)/t16-,23?/m0/s1. The van der Waals surface area contributed by atoms with Gasteiger partial charge in [-0.3, -0.25) is 24.2 Å². The number of Topliss-reactive ketones (excluding diaryl/α,β-unsaturated/α-hetero) is 1. The Morgan fingerprint density at radius 3 is 2.22 bits per heavy atom. The van der Waals surface area contributed by atoms with E-state index in [2.05, 4.69) is 34.7 Å². The Balaban J connectivity index is 1.39. The number of nitrogens with zero attached hydrogens (tertiary/aromatic N) is 1. The zero-order chi connectivity index (χ0) is 25.8. The van der Waals surface area contributed by atoms with E-state index in [1.165, 1.54) is 17.7 Å². The first-order chi connectivity index (χ1) is 17.3. The molecule has 8 heteroatoms. The van der Waals surface area contributed by atoms with E-state index in [-0.39, 0.29) is 5.56 Å². The predicted octanol–water partition coefficient (Wildman–Crippen LogP) is 4.27. The third kappa shape index (κ3) is 5.22. The van der Waals surface area contributed by atoms with Crippen LogP contribution in [0.25, 0.3) is 11.1 Å². The maximum absolute atomic E-state index is 12.7. The van der Waals surface area contributed by atoms with Crippen molar-refractivity contribution in [1.82, 2.24) is 5.32 Å². The Morgan fingerprint density at radius 1 is 0.972 bits per heavy atom. The van der Waals surface area contributed by atoms with Crippen LogP contribution in [0, 0.1) is 5.92 Å². The molecule has 0 fully saturated rings. The Morgan fingerprint density at radius 2 is 1.61 bits per heavy atom. The number of anilines is 1. The van der Waals surface area contributed by atoms with Gasteiger partial charge in [-0.15, -0.1) is 0 Å². The van der Waals surface area contributed by atoms with Gasteiger partial charge in [0.25, 0.3) is 5.91 Å². The number of carbonyl (C=O) groups is 4. The molecule has 3 aromatic rings. The first-order valence-electron chi connectivity index (χ1n) is 11.5. The van der Waals surface area contributed by atoms with Gasteiger partial charge < -0.3 is 15.7 Å². The van der Waals surface area contributed by atoms with E-state index in [0.29, 0.717) is 16.9 Å². The molecule has 0 saturated carbocycles. The molecular weight excluding hydrogens is 458 g/mol. The van der Waals surface area contributed by atoms with Gasteiger partial charge in [0.05, 0.1) is 5.69 Å². The van der Waals surface area contributed by atoms with Crippen molar-refractivity contribution in [3.8, 4) is 11.1 Å². The van der Waals surface area contributed by atoms with Gasteiger partial charge in [0.1, 0.15) is 6.04 Å². The molecule has 0 spiro atoms. The predicted molar refractivity (Wildman–Crippen MR) is 137 cm³/mol. The molecule has 0 saturated heterocycles. The van der Waals surface area contributed by atoms with Gasteiger partial charge in [-0.2, -0.15) is 0 Å². The van der Waals surface area contributed by atoms with Crippen LogP contribution in [0.5, 0.6) is 0 Å². The quantitative estimate of drug-likeness (QED) is 0.433. The molecule has 1 aliphatic heterocycles. The van der Waals surface area contributed by atoms with Gasteiger partial charge in [0, 0.05) is 23.0 Å². The van der Waals surface area contributed by atoms with E-state index in [1.54, 1.807) is 25.1 Å². The number of hydrogen-bond acceptors (Lipinski definition) is 5. The molecule has 4 rings (SSSR count). The minimum Gasteiger partial charge on any atom is -0.480 e. The van der Waals surface area contributed by atoms with E-state index in [4.69, 9.17) is 0 Å². The summed E-state index contributed by atoms with van der Waals surface area (Å²) in [6, 6.07) is 19.0. The van der Waals surface area contributed by atoms with Gasteiger partial charge in [-0.25, -0.2) is 0 Å². The third-order valence-corrected chi connectivity index (χ3v) is 6.02. The molecule has 0 radical (unpaired) electrons. The largest absolute Gasteiger partial charge is 0.480 e. The minimum absolute atomic E-state index is 0.115. The van der Waals surface area contributed by atoms with E-state index >= 15 is 0 Å². The van der Waals surface area contributed by atoms with Crippen LogP contribution in [0.2, 0.25) is 0 Å². The highest BCUT2D eigenvalue weighted by Crippen LogP contribution is 2.29. The van der Waals surface area contributed by atoms with E-state index in [1.807, 2.05) is 24.3 Å². The number of fused-ring (bicyclic) bond motifs is 1. The fourth-order valence-electron chi connectivity index (χ4n) is 3.83. The average molecular weight is 484 g/mol. The number of hydrogen-bond donors (Lipinski definition) is 3. The van der Waals surface area contributed by atoms with Crippen molar-refractivity contribution in [2.75, 3.05) is 5.32 Å². The number of ketones is 1. The molecule has 1 heterocycles. The topological polar surface area (TPSA) is 125 Å². The normalized spacial score (nSPS) is 15.1. The number of nitrogens with one attached hydrogen (secondary N) is 2. The summed E-state index contributed by atoms with van der Waals surface area (Å²) in [5, 5.41) is 14.5. The molecule has 3 aromatic carbocycles. The van der Waals surface area contributed by atoms with E-state index in [9.17, 15) is 24.3 Å². The Labute approximate surface area is 208 Å². The lowest BCUT2D eigenvalue weighted by molar-refractivity contribution is -0.137. The molecular formula is C28H25N3O5. The van der Waals surface area contributed by atoms with Gasteiger partial charge in [-0.1, -0.05) is 43.3 Å². The number of benzene rings is 3. The van der Waals surface area contributed by atoms with Crippen LogP contribution in [-0.2, 0) is 16.0 Å². The van der Waals surface area contributed by atoms with E-state index < -0.39 is 35.5 Å². The number of carbonyl (C=O) groups excluding carboxylic acids is 3. The highest BCUT2D eigenvalue weighted by molar-refractivity contribution is 6.22. The van der Waals surface area contributed by atoms with Crippen LogP contribution in [0.1, 0.15) is 40.1 Å². The van der Waals surface area contributed by atoms with Gasteiger partial charge in [-0.05, 0) is 60.4 Å². The van der Waals surface area contributed by atoms with Gasteiger partial charge >= 0.3 is 5.97 Å². The van der Waals surface area contributed by atoms with Crippen molar-refractivity contribution >= 4 is 41.2 Å². The summed E-state index contributed by atoms with van der Waals surface area (Å²) in [6.07, 6.45) is 2.06. The molecule has 0 aliphatic carbocycles. The fourth-order valence-corrected chi connectivity index (χ4v) is 3.83. The SMILES string of the molecule is CCc1ccc(-c2ccc(C(=O)N[C@@H](C)C(=O)Nc3ccc4c(c3)C(=O)C(C(=O)O)C=N4)cc2)cc1.